The van der Waals surface area contributed by atoms with E-state index in [1.54, 1.807) is 11.9 Å². The highest BCUT2D eigenvalue weighted by Gasteiger charge is 2.38. The van der Waals surface area contributed by atoms with Gasteiger partial charge in [0.15, 0.2) is 0 Å². The first-order chi connectivity index (χ1) is 41.2. The number of benzene rings is 3. The third-order valence-electron chi connectivity index (χ3n) is 18.8. The normalized spacial score (nSPS) is 21.6. The van der Waals surface area contributed by atoms with Crippen molar-refractivity contribution in [3.05, 3.63) is 125 Å². The maximum Gasteiger partial charge on any atom is 0.331 e. The van der Waals surface area contributed by atoms with Crippen LogP contribution in [0.3, 0.4) is 0 Å². The van der Waals surface area contributed by atoms with Crippen molar-refractivity contribution in [1.82, 2.24) is 0 Å². The minimum absolute atomic E-state index is 0.0314. The van der Waals surface area contributed by atoms with Crippen LogP contribution in [0.5, 0.6) is 0 Å². The van der Waals surface area contributed by atoms with Gasteiger partial charge >= 0.3 is 23.9 Å². The highest BCUT2D eigenvalue weighted by Crippen LogP contribution is 2.48. The number of hydrogen-bond donors (Lipinski definition) is 1. The largest absolute Gasteiger partial charge is 0.481 e. The summed E-state index contributed by atoms with van der Waals surface area (Å²) < 4.78 is 20.1. The van der Waals surface area contributed by atoms with E-state index in [1.165, 1.54) is 87.3 Å². The highest BCUT2D eigenvalue weighted by molar-refractivity contribution is 7.95. The van der Waals surface area contributed by atoms with Gasteiger partial charge in [0.2, 0.25) is 0 Å². The maximum atomic E-state index is 12.5. The first kappa shape index (κ1) is 75.9. The van der Waals surface area contributed by atoms with Crippen LogP contribution in [-0.4, -0.2) is 74.1 Å². The number of carboxylic acid groups (broad SMARTS) is 1. The molecule has 1 saturated heterocycles. The van der Waals surface area contributed by atoms with Gasteiger partial charge in [-0.05, 0) is 191 Å². The van der Waals surface area contributed by atoms with E-state index in [0.29, 0.717) is 61.2 Å². The van der Waals surface area contributed by atoms with Crippen molar-refractivity contribution in [1.29, 1.82) is 0 Å². The predicted octanol–water partition coefficient (Wildman–Crippen LogP) is 17.6. The molecule has 1 aliphatic heterocycles. The number of allylic oxidation sites excluding steroid dienone is 5. The second-order valence-corrected chi connectivity index (χ2v) is 30.5. The Morgan fingerprint density at radius 2 is 0.954 bits per heavy atom. The predicted molar refractivity (Wildman–Crippen MR) is 364 cm³/mol. The van der Waals surface area contributed by atoms with Gasteiger partial charge < -0.3 is 24.1 Å². The van der Waals surface area contributed by atoms with Crippen LogP contribution in [0.1, 0.15) is 219 Å². The molecule has 87 heavy (non-hydrogen) atoms. The molecule has 3 aromatic carbocycles. The summed E-state index contributed by atoms with van der Waals surface area (Å²) in [6.45, 7) is 33.5. The topological polar surface area (TPSA) is 143 Å². The summed E-state index contributed by atoms with van der Waals surface area (Å²) in [5.74, 6) is 3.30. The average Bonchev–Trinajstić information content (AvgIpc) is 1.48. The molecule has 5 aliphatic rings. The number of carbonyl (C=O) groups excluding carboxylic acids is 4. The van der Waals surface area contributed by atoms with Gasteiger partial charge in [0.05, 0.1) is 19.8 Å². The zero-order chi connectivity index (χ0) is 64.7. The van der Waals surface area contributed by atoms with Gasteiger partial charge in [-0.2, -0.15) is 0 Å². The molecule has 0 bridgehead atoms. The van der Waals surface area contributed by atoms with E-state index < -0.39 is 12.9 Å². The third kappa shape index (κ3) is 25.2. The fraction of sp³-hybridized carbons (Fsp3) is 0.605. The van der Waals surface area contributed by atoms with Crippen molar-refractivity contribution in [2.45, 2.75) is 219 Å². The SMILES string of the molecule is C1CCOC1.CC1=C(C=O)C(C)(C)CCC1.CC1CCCC(C)(C)C1CCC(=O)O.CCOC(=O)/C=C/C1=C(C)CCCC1(C)C.CCOC(=O)C=P(c1ccccc1)(c1ccccc1)c1ccccc1.CCOC(=O)CCC1C(C)CCCC1(C)C. The first-order valence-electron chi connectivity index (χ1n) is 33.0. The molecule has 0 aromatic heterocycles. The van der Waals surface area contributed by atoms with Crippen LogP contribution < -0.4 is 15.9 Å². The summed E-state index contributed by atoms with van der Waals surface area (Å²) in [6, 6.07) is 30.7. The van der Waals surface area contributed by atoms with E-state index >= 15 is 0 Å². The summed E-state index contributed by atoms with van der Waals surface area (Å²) in [6.07, 6.45) is 24.7. The van der Waals surface area contributed by atoms with Crippen LogP contribution in [-0.2, 0) is 42.9 Å². The van der Waals surface area contributed by atoms with Crippen LogP contribution in [0.4, 0.5) is 0 Å². The van der Waals surface area contributed by atoms with Crippen molar-refractivity contribution in [2.75, 3.05) is 33.0 Å². The van der Waals surface area contributed by atoms with Crippen LogP contribution in [0.2, 0.25) is 0 Å². The lowest BCUT2D eigenvalue weighted by molar-refractivity contribution is -0.144. The molecule has 4 unspecified atom stereocenters. The molecule has 11 heteroatoms. The van der Waals surface area contributed by atoms with Gasteiger partial charge in [-0.1, -0.05) is 203 Å². The molecule has 1 heterocycles. The molecule has 2 saturated carbocycles. The molecule has 484 valence electrons. The van der Waals surface area contributed by atoms with E-state index in [0.717, 1.165) is 79.0 Å². The summed E-state index contributed by atoms with van der Waals surface area (Å²) in [5.41, 5.74) is 6.07. The summed E-state index contributed by atoms with van der Waals surface area (Å²) in [5, 5.41) is 12.1. The lowest BCUT2D eigenvalue weighted by Crippen LogP contribution is -2.34. The lowest BCUT2D eigenvalue weighted by Gasteiger charge is -2.43. The zero-order valence-corrected chi connectivity index (χ0v) is 57.5. The standard InChI is InChI=1S/C22H21O2P.C14H26O2.C14H22O2.C12H22O2.C10H16O.C4H8O/c1-2-24-22(23)18-25(19-12-6-3-7-13-19,20-14-8-4-9-15-20)21-16-10-5-11-17-21;2*1-5-16-13(15)9-8-12-11(2)7-6-10-14(12,3)4;1-9-5-4-8-12(2,3)10(9)6-7-11(13)14;1-8-5-4-6-10(2,3)9(8)7-11;1-2-4-5-3-1/h3-18H,2H2,1H3;11-12H,5-10H2,1-4H3;8-9H,5-7,10H2,1-4H3;9-10H,4-8H2,1-3H3,(H,13,14);7H,4-6H2,1-3H3;1-4H2/b;;9-8+;;;. The maximum absolute atomic E-state index is 12.5. The quantitative estimate of drug-likeness (QED) is 0.0484. The van der Waals surface area contributed by atoms with Crippen molar-refractivity contribution < 1.29 is 48.0 Å². The van der Waals surface area contributed by atoms with Crippen LogP contribution >= 0.6 is 6.89 Å². The van der Waals surface area contributed by atoms with Crippen molar-refractivity contribution in [2.24, 2.45) is 45.3 Å². The fourth-order valence-electron chi connectivity index (χ4n) is 14.0. The van der Waals surface area contributed by atoms with Gasteiger partial charge in [-0.3, -0.25) is 14.4 Å². The molecule has 3 fully saturated rings. The second kappa shape index (κ2) is 38.3. The number of hydrogen-bond acceptors (Lipinski definition) is 9. The molecule has 0 radical (unpaired) electrons. The van der Waals surface area contributed by atoms with E-state index in [1.807, 2.05) is 81.4 Å². The molecule has 4 atom stereocenters. The number of aliphatic carboxylic acids is 1. The van der Waals surface area contributed by atoms with E-state index in [9.17, 15) is 24.0 Å². The minimum atomic E-state index is -2.24. The van der Waals surface area contributed by atoms with Gasteiger partial charge in [0.1, 0.15) is 6.29 Å². The van der Waals surface area contributed by atoms with Crippen molar-refractivity contribution >= 4 is 58.8 Å². The smallest absolute Gasteiger partial charge is 0.331 e. The average molecular weight is 1220 g/mol. The first-order valence-corrected chi connectivity index (χ1v) is 34.8. The molecule has 3 aromatic rings. The molecule has 8 rings (SSSR count). The Morgan fingerprint density at radius 1 is 0.552 bits per heavy atom. The lowest BCUT2D eigenvalue weighted by atomic mass is 9.63. The molecule has 10 nitrogen and oxygen atoms in total. The Bertz CT molecular complexity index is 2580. The molecular formula is C76H115O10P. The molecule has 0 amide bonds. The summed E-state index contributed by atoms with van der Waals surface area (Å²) >= 11 is 0. The fourth-order valence-corrected chi connectivity index (χ4v) is 17.6. The number of ether oxygens (including phenoxy) is 4. The van der Waals surface area contributed by atoms with Crippen molar-refractivity contribution in [3.8, 4) is 0 Å². The van der Waals surface area contributed by atoms with Gasteiger partial charge in [0, 0.05) is 37.9 Å². The number of carbonyl (C=O) groups is 5. The highest BCUT2D eigenvalue weighted by atomic mass is 31.2. The van der Waals surface area contributed by atoms with E-state index in [-0.39, 0.29) is 28.7 Å². The second-order valence-electron chi connectivity index (χ2n) is 27.2. The van der Waals surface area contributed by atoms with Crippen molar-refractivity contribution in [3.63, 3.8) is 0 Å². The molecule has 0 spiro atoms. The summed E-state index contributed by atoms with van der Waals surface area (Å²) in [4.78, 5) is 56.5. The Balaban J connectivity index is 0.000000286. The van der Waals surface area contributed by atoms with Crippen LogP contribution in [0.25, 0.3) is 0 Å². The van der Waals surface area contributed by atoms with Gasteiger partial charge in [-0.15, -0.1) is 0 Å². The van der Waals surface area contributed by atoms with Gasteiger partial charge in [0.25, 0.3) is 0 Å². The Hall–Kier alpha value is -5.31. The van der Waals surface area contributed by atoms with Crippen LogP contribution in [0.15, 0.2) is 125 Å². The monoisotopic (exact) mass is 1220 g/mol. The summed E-state index contributed by atoms with van der Waals surface area (Å²) in [7, 11) is 0. The molecule has 1 N–H and O–H groups in total. The number of rotatable bonds is 16. The van der Waals surface area contributed by atoms with E-state index in [4.69, 9.17) is 24.1 Å². The minimum Gasteiger partial charge on any atom is -0.481 e. The van der Waals surface area contributed by atoms with Crippen LogP contribution in [0, 0.1) is 45.3 Å². The number of esters is 3. The molecule has 4 aliphatic carbocycles. The number of aldehydes is 1. The van der Waals surface area contributed by atoms with Gasteiger partial charge in [-0.25, -0.2) is 9.59 Å². The third-order valence-corrected chi connectivity index (χ3v) is 22.7. The zero-order valence-electron chi connectivity index (χ0n) is 56.6. The molecular weight excluding hydrogens is 1100 g/mol. The number of carboxylic acids is 1. The van der Waals surface area contributed by atoms with E-state index in [2.05, 4.69) is 119 Å². The Morgan fingerprint density at radius 3 is 1.30 bits per heavy atom. The Kier molecular flexibility index (Phi) is 33.4. The Labute approximate surface area is 527 Å².